The molecule has 4 aromatic rings. The lowest BCUT2D eigenvalue weighted by molar-refractivity contribution is 0.0739. The van der Waals surface area contributed by atoms with Gasteiger partial charge < -0.3 is 15.0 Å². The molecule has 0 aliphatic carbocycles. The molecule has 0 radical (unpaired) electrons. The lowest BCUT2D eigenvalue weighted by Gasteiger charge is -2.24. The van der Waals surface area contributed by atoms with Gasteiger partial charge in [-0.2, -0.15) is 0 Å². The first-order chi connectivity index (χ1) is 17.4. The Hall–Kier alpha value is -3.45. The van der Waals surface area contributed by atoms with Crippen LogP contribution in [0.2, 0.25) is 0 Å². The number of benzene rings is 3. The molecular formula is C29H29BrFN3O2. The number of nitrogens with zero attached hydrogens (tertiary/aromatic N) is 2. The average Bonchev–Trinajstić information content (AvgIpc) is 2.88. The molecule has 1 heterocycles. The molecule has 1 unspecified atom stereocenters. The second-order valence-electron chi connectivity index (χ2n) is 8.80. The number of methoxy groups -OCH3 is 1. The van der Waals surface area contributed by atoms with Crippen molar-refractivity contribution >= 4 is 38.4 Å². The molecule has 186 valence electrons. The van der Waals surface area contributed by atoms with Gasteiger partial charge in [0.05, 0.1) is 18.3 Å². The molecule has 0 saturated heterocycles. The maximum Gasteiger partial charge on any atom is 0.254 e. The largest absolute Gasteiger partial charge is 0.497 e. The Labute approximate surface area is 219 Å². The predicted molar refractivity (Wildman–Crippen MR) is 146 cm³/mol. The van der Waals surface area contributed by atoms with Gasteiger partial charge in [-0.1, -0.05) is 40.2 Å². The van der Waals surface area contributed by atoms with E-state index in [2.05, 4.69) is 33.2 Å². The fourth-order valence-electron chi connectivity index (χ4n) is 4.19. The summed E-state index contributed by atoms with van der Waals surface area (Å²) in [4.78, 5) is 19.7. The van der Waals surface area contributed by atoms with Gasteiger partial charge in [0, 0.05) is 46.8 Å². The highest BCUT2D eigenvalue weighted by molar-refractivity contribution is 9.10. The van der Waals surface area contributed by atoms with Crippen molar-refractivity contribution in [3.8, 4) is 5.75 Å². The number of halogens is 2. The molecule has 1 N–H and O–H groups in total. The summed E-state index contributed by atoms with van der Waals surface area (Å²) in [5.41, 5.74) is 3.32. The highest BCUT2D eigenvalue weighted by atomic mass is 79.9. The number of hydrogen-bond donors (Lipinski definition) is 1. The highest BCUT2D eigenvalue weighted by Gasteiger charge is 2.17. The molecule has 0 aliphatic rings. The molecular weight excluding hydrogens is 521 g/mol. The number of amides is 1. The minimum Gasteiger partial charge on any atom is -0.497 e. The molecule has 3 aromatic carbocycles. The summed E-state index contributed by atoms with van der Waals surface area (Å²) in [7, 11) is 1.66. The Morgan fingerprint density at radius 1 is 1.11 bits per heavy atom. The van der Waals surface area contributed by atoms with E-state index in [0.717, 1.165) is 45.2 Å². The summed E-state index contributed by atoms with van der Waals surface area (Å²) in [6.07, 6.45) is 3.42. The summed E-state index contributed by atoms with van der Waals surface area (Å²) in [5, 5.41) is 4.57. The molecule has 0 aliphatic heterocycles. The fraction of sp³-hybridized carbons (Fsp3) is 0.241. The number of nitrogens with one attached hydrogen (secondary N) is 1. The van der Waals surface area contributed by atoms with Crippen LogP contribution in [0.5, 0.6) is 5.75 Å². The van der Waals surface area contributed by atoms with Crippen LogP contribution in [0.4, 0.5) is 10.1 Å². The number of fused-ring (bicyclic) bond motifs is 1. The number of hydrogen-bond acceptors (Lipinski definition) is 4. The Bertz CT molecular complexity index is 1330. The van der Waals surface area contributed by atoms with Crippen LogP contribution in [0.1, 0.15) is 35.7 Å². The van der Waals surface area contributed by atoms with E-state index in [0.29, 0.717) is 18.7 Å². The SMILES string of the molecule is COc1cc(NC(C)CCCN(Cc2ccc(F)cc2)C(=O)c2cccc(Br)c2)c2ncccc2c1. The number of anilines is 1. The maximum atomic E-state index is 13.4. The van der Waals surface area contributed by atoms with E-state index in [1.54, 1.807) is 25.4 Å². The topological polar surface area (TPSA) is 54.5 Å². The third kappa shape index (κ3) is 6.61. The summed E-state index contributed by atoms with van der Waals surface area (Å²) < 4.78 is 19.7. The van der Waals surface area contributed by atoms with Crippen LogP contribution in [0.15, 0.2) is 83.5 Å². The Balaban J connectivity index is 1.44. The third-order valence-corrected chi connectivity index (χ3v) is 6.52. The highest BCUT2D eigenvalue weighted by Crippen LogP contribution is 2.28. The zero-order valence-corrected chi connectivity index (χ0v) is 22.0. The number of pyridine rings is 1. The summed E-state index contributed by atoms with van der Waals surface area (Å²) in [6, 6.07) is 21.7. The number of aromatic nitrogens is 1. The van der Waals surface area contributed by atoms with Crippen molar-refractivity contribution in [2.24, 2.45) is 0 Å². The van der Waals surface area contributed by atoms with Crippen molar-refractivity contribution < 1.29 is 13.9 Å². The second-order valence-corrected chi connectivity index (χ2v) is 9.72. The molecule has 0 saturated carbocycles. The first kappa shape index (κ1) is 25.6. The van der Waals surface area contributed by atoms with Gasteiger partial charge in [0.15, 0.2) is 0 Å². The van der Waals surface area contributed by atoms with Crippen LogP contribution in [-0.2, 0) is 6.54 Å². The number of rotatable bonds is 10. The molecule has 0 bridgehead atoms. The van der Waals surface area contributed by atoms with Crippen LogP contribution in [0.3, 0.4) is 0 Å². The van der Waals surface area contributed by atoms with Gasteiger partial charge in [0.2, 0.25) is 0 Å². The van der Waals surface area contributed by atoms with Gasteiger partial charge in [-0.15, -0.1) is 0 Å². The zero-order valence-electron chi connectivity index (χ0n) is 20.4. The first-order valence-corrected chi connectivity index (χ1v) is 12.7. The Morgan fingerprint density at radius 3 is 2.67 bits per heavy atom. The lowest BCUT2D eigenvalue weighted by Crippen LogP contribution is -2.32. The molecule has 0 fully saturated rings. The van der Waals surface area contributed by atoms with Crippen molar-refractivity contribution in [2.45, 2.75) is 32.4 Å². The standard InChI is InChI=1S/C29H29BrFN3O2/c1-20(33-27-18-26(36-2)17-22-8-4-14-32-28(22)27)6-5-15-34(19-21-10-12-25(31)13-11-21)29(35)23-7-3-9-24(30)16-23/h3-4,7-14,16-18,20,33H,5-6,15,19H2,1-2H3. The fourth-order valence-corrected chi connectivity index (χ4v) is 4.58. The summed E-state index contributed by atoms with van der Waals surface area (Å²) in [6.45, 7) is 3.11. The summed E-state index contributed by atoms with van der Waals surface area (Å²) in [5.74, 6) is 0.433. The van der Waals surface area contributed by atoms with Crippen molar-refractivity contribution in [2.75, 3.05) is 19.0 Å². The van der Waals surface area contributed by atoms with E-state index < -0.39 is 0 Å². The summed E-state index contributed by atoms with van der Waals surface area (Å²) >= 11 is 3.45. The molecule has 7 heteroatoms. The van der Waals surface area contributed by atoms with Crippen molar-refractivity contribution in [3.05, 3.63) is 100 Å². The molecule has 1 aromatic heterocycles. The quantitative estimate of drug-likeness (QED) is 0.230. The van der Waals surface area contributed by atoms with Gasteiger partial charge in [-0.25, -0.2) is 4.39 Å². The van der Waals surface area contributed by atoms with Gasteiger partial charge in [0.1, 0.15) is 11.6 Å². The van der Waals surface area contributed by atoms with E-state index in [1.165, 1.54) is 12.1 Å². The molecule has 5 nitrogen and oxygen atoms in total. The van der Waals surface area contributed by atoms with Crippen molar-refractivity contribution in [1.82, 2.24) is 9.88 Å². The second kappa shape index (κ2) is 12.0. The Morgan fingerprint density at radius 2 is 1.92 bits per heavy atom. The number of ether oxygens (including phenoxy) is 1. The average molecular weight is 550 g/mol. The van der Waals surface area contributed by atoms with E-state index >= 15 is 0 Å². The van der Waals surface area contributed by atoms with E-state index in [9.17, 15) is 9.18 Å². The van der Waals surface area contributed by atoms with Crippen LogP contribution in [-0.4, -0.2) is 35.5 Å². The zero-order chi connectivity index (χ0) is 25.5. The van der Waals surface area contributed by atoms with Crippen LogP contribution in [0, 0.1) is 5.82 Å². The van der Waals surface area contributed by atoms with Gasteiger partial charge in [0.25, 0.3) is 5.91 Å². The molecule has 4 rings (SSSR count). The van der Waals surface area contributed by atoms with E-state index in [4.69, 9.17) is 4.74 Å². The minimum atomic E-state index is -0.289. The predicted octanol–water partition coefficient (Wildman–Crippen LogP) is 7.07. The van der Waals surface area contributed by atoms with Crippen LogP contribution < -0.4 is 10.1 Å². The molecule has 1 amide bonds. The smallest absolute Gasteiger partial charge is 0.254 e. The lowest BCUT2D eigenvalue weighted by atomic mass is 10.1. The normalized spacial score (nSPS) is 11.8. The van der Waals surface area contributed by atoms with Gasteiger partial charge in [-0.3, -0.25) is 9.78 Å². The number of carbonyl (C=O) groups is 1. The van der Waals surface area contributed by atoms with E-state index in [-0.39, 0.29) is 17.8 Å². The maximum absolute atomic E-state index is 13.4. The van der Waals surface area contributed by atoms with Crippen molar-refractivity contribution in [3.63, 3.8) is 0 Å². The van der Waals surface area contributed by atoms with Crippen LogP contribution in [0.25, 0.3) is 10.9 Å². The van der Waals surface area contributed by atoms with Crippen LogP contribution >= 0.6 is 15.9 Å². The minimum absolute atomic E-state index is 0.0516. The monoisotopic (exact) mass is 549 g/mol. The van der Waals surface area contributed by atoms with Crippen molar-refractivity contribution in [1.29, 1.82) is 0 Å². The van der Waals surface area contributed by atoms with Gasteiger partial charge >= 0.3 is 0 Å². The molecule has 0 spiro atoms. The van der Waals surface area contributed by atoms with E-state index in [1.807, 2.05) is 53.4 Å². The first-order valence-electron chi connectivity index (χ1n) is 11.9. The third-order valence-electron chi connectivity index (χ3n) is 6.03. The Kier molecular flexibility index (Phi) is 8.54. The van der Waals surface area contributed by atoms with Gasteiger partial charge in [-0.05, 0) is 67.8 Å². The number of carbonyl (C=O) groups excluding carboxylic acids is 1. The molecule has 36 heavy (non-hydrogen) atoms. The molecule has 1 atom stereocenters.